The van der Waals surface area contributed by atoms with Crippen LogP contribution in [-0.2, 0) is 29.1 Å². The van der Waals surface area contributed by atoms with Crippen LogP contribution in [0, 0.1) is 5.82 Å². The Labute approximate surface area is 190 Å². The molecule has 6 heteroatoms. The van der Waals surface area contributed by atoms with Gasteiger partial charge in [-0.15, -0.1) is 11.3 Å². The lowest BCUT2D eigenvalue weighted by Gasteiger charge is -2.14. The number of ether oxygens (including phenoxy) is 2. The Morgan fingerprint density at radius 2 is 1.84 bits per heavy atom. The van der Waals surface area contributed by atoms with Gasteiger partial charge in [0, 0.05) is 41.1 Å². The van der Waals surface area contributed by atoms with Crippen molar-refractivity contribution in [2.75, 3.05) is 6.61 Å². The van der Waals surface area contributed by atoms with Crippen molar-refractivity contribution in [1.29, 1.82) is 0 Å². The minimum Gasteiger partial charge on any atom is -0.489 e. The van der Waals surface area contributed by atoms with Crippen molar-refractivity contribution in [3.8, 4) is 16.9 Å². The van der Waals surface area contributed by atoms with E-state index in [9.17, 15) is 4.79 Å². The summed E-state index contributed by atoms with van der Waals surface area (Å²) in [6.07, 6.45) is 0.571. The second-order valence-corrected chi connectivity index (χ2v) is 8.39. The number of fused-ring (bicyclic) bond motifs is 1. The van der Waals surface area contributed by atoms with E-state index >= 15 is 4.39 Å². The number of rotatable bonds is 8. The summed E-state index contributed by atoms with van der Waals surface area (Å²) in [6.45, 7) is 2.19. The van der Waals surface area contributed by atoms with Crippen LogP contribution in [0.2, 0.25) is 0 Å². The van der Waals surface area contributed by atoms with E-state index in [0.29, 0.717) is 30.8 Å². The van der Waals surface area contributed by atoms with Crippen molar-refractivity contribution < 1.29 is 18.7 Å². The van der Waals surface area contributed by atoms with Crippen LogP contribution >= 0.6 is 11.3 Å². The van der Waals surface area contributed by atoms with E-state index in [1.165, 1.54) is 6.92 Å². The molecule has 0 fully saturated rings. The van der Waals surface area contributed by atoms with Gasteiger partial charge in [0.1, 0.15) is 18.2 Å². The van der Waals surface area contributed by atoms with Gasteiger partial charge in [0.05, 0.1) is 6.61 Å². The maximum atomic E-state index is 15.1. The standard InChI is InChI=1S/C26H24FNO3S/c1-17(29)30-11-9-19-5-2-3-8-24(19)31-16-18-13-23(21-10-12-32-25(21)14-18)22-7-4-6-20(15-28)26(22)27/h2-8,10,12-14H,9,11,15-16,28H2,1H3. The first-order chi connectivity index (χ1) is 15.6. The van der Waals surface area contributed by atoms with E-state index in [0.717, 1.165) is 32.5 Å². The number of benzene rings is 3. The first-order valence-electron chi connectivity index (χ1n) is 10.4. The van der Waals surface area contributed by atoms with Crippen LogP contribution in [-0.4, -0.2) is 12.6 Å². The van der Waals surface area contributed by atoms with Gasteiger partial charge in [-0.1, -0.05) is 36.4 Å². The third-order valence-corrected chi connectivity index (χ3v) is 6.13. The molecule has 32 heavy (non-hydrogen) atoms. The van der Waals surface area contributed by atoms with E-state index in [1.807, 2.05) is 47.8 Å². The highest BCUT2D eigenvalue weighted by Gasteiger charge is 2.14. The highest BCUT2D eigenvalue weighted by atomic mass is 32.1. The molecule has 0 amide bonds. The molecule has 0 unspecified atom stereocenters. The SMILES string of the molecule is CC(=O)OCCc1ccccc1OCc1cc(-c2cccc(CN)c2F)c2ccsc2c1. The van der Waals surface area contributed by atoms with Crippen molar-refractivity contribution in [2.24, 2.45) is 5.73 Å². The van der Waals surface area contributed by atoms with Crippen molar-refractivity contribution >= 4 is 27.4 Å². The minimum atomic E-state index is -0.300. The molecule has 4 rings (SSSR count). The number of carbonyl (C=O) groups is 1. The molecule has 3 aromatic carbocycles. The summed E-state index contributed by atoms with van der Waals surface area (Å²) in [5.41, 5.74) is 9.49. The van der Waals surface area contributed by atoms with Crippen LogP contribution < -0.4 is 10.5 Å². The smallest absolute Gasteiger partial charge is 0.302 e. The van der Waals surface area contributed by atoms with Gasteiger partial charge < -0.3 is 15.2 Å². The predicted molar refractivity (Wildman–Crippen MR) is 126 cm³/mol. The van der Waals surface area contributed by atoms with E-state index in [4.69, 9.17) is 15.2 Å². The highest BCUT2D eigenvalue weighted by Crippen LogP contribution is 2.36. The van der Waals surface area contributed by atoms with Crippen LogP contribution in [0.4, 0.5) is 4.39 Å². The number of hydrogen-bond donors (Lipinski definition) is 1. The lowest BCUT2D eigenvalue weighted by molar-refractivity contribution is -0.140. The van der Waals surface area contributed by atoms with Crippen LogP contribution in [0.3, 0.4) is 0 Å². The van der Waals surface area contributed by atoms with Gasteiger partial charge in [-0.25, -0.2) is 4.39 Å². The van der Waals surface area contributed by atoms with Crippen molar-refractivity contribution in [2.45, 2.75) is 26.5 Å². The lowest BCUT2D eigenvalue weighted by Crippen LogP contribution is -2.05. The molecule has 0 atom stereocenters. The third kappa shape index (κ3) is 4.82. The second-order valence-electron chi connectivity index (χ2n) is 7.45. The Morgan fingerprint density at radius 3 is 2.66 bits per heavy atom. The number of esters is 1. The van der Waals surface area contributed by atoms with Crippen LogP contribution in [0.1, 0.15) is 23.6 Å². The van der Waals surface area contributed by atoms with Gasteiger partial charge in [-0.2, -0.15) is 0 Å². The Bertz CT molecular complexity index is 1250. The molecule has 0 saturated carbocycles. The number of hydrogen-bond acceptors (Lipinski definition) is 5. The van der Waals surface area contributed by atoms with Crippen LogP contribution in [0.25, 0.3) is 21.2 Å². The van der Waals surface area contributed by atoms with Gasteiger partial charge >= 0.3 is 5.97 Å². The molecule has 2 N–H and O–H groups in total. The molecule has 1 aromatic heterocycles. The number of para-hydroxylation sites is 1. The summed E-state index contributed by atoms with van der Waals surface area (Å²) in [5, 5.41) is 3.02. The van der Waals surface area contributed by atoms with Gasteiger partial charge in [0.2, 0.25) is 0 Å². The molecule has 4 aromatic rings. The highest BCUT2D eigenvalue weighted by molar-refractivity contribution is 7.17. The average Bonchev–Trinajstić information content (AvgIpc) is 3.27. The number of carbonyl (C=O) groups excluding carboxylic acids is 1. The normalized spacial score (nSPS) is 11.0. The molecule has 0 spiro atoms. The van der Waals surface area contributed by atoms with Gasteiger partial charge in [-0.05, 0) is 46.3 Å². The molecule has 0 aliphatic heterocycles. The van der Waals surface area contributed by atoms with Gasteiger partial charge in [0.15, 0.2) is 0 Å². The second kappa shape index (κ2) is 9.94. The lowest BCUT2D eigenvalue weighted by atomic mass is 9.97. The fraction of sp³-hybridized carbons (Fsp3) is 0.192. The fourth-order valence-corrected chi connectivity index (χ4v) is 4.57. The summed E-state index contributed by atoms with van der Waals surface area (Å²) in [5.74, 6) is 0.159. The number of nitrogens with two attached hydrogens (primary N) is 1. The molecule has 0 aliphatic rings. The Balaban J connectivity index is 1.62. The van der Waals surface area contributed by atoms with Gasteiger partial charge in [-0.3, -0.25) is 4.79 Å². The largest absolute Gasteiger partial charge is 0.489 e. The third-order valence-electron chi connectivity index (χ3n) is 5.26. The maximum absolute atomic E-state index is 15.1. The first kappa shape index (κ1) is 22.0. The molecule has 1 heterocycles. The van der Waals surface area contributed by atoms with Crippen molar-refractivity contribution in [3.63, 3.8) is 0 Å². The zero-order chi connectivity index (χ0) is 22.5. The quantitative estimate of drug-likeness (QED) is 0.343. The molecule has 4 nitrogen and oxygen atoms in total. The topological polar surface area (TPSA) is 61.5 Å². The zero-order valence-electron chi connectivity index (χ0n) is 17.8. The summed E-state index contributed by atoms with van der Waals surface area (Å²) in [4.78, 5) is 11.0. The van der Waals surface area contributed by atoms with E-state index in [1.54, 1.807) is 23.5 Å². The zero-order valence-corrected chi connectivity index (χ0v) is 18.6. The average molecular weight is 450 g/mol. The number of halogens is 1. The Kier molecular flexibility index (Phi) is 6.83. The summed E-state index contributed by atoms with van der Waals surface area (Å²) >= 11 is 1.61. The fourth-order valence-electron chi connectivity index (χ4n) is 3.70. The minimum absolute atomic E-state index is 0.152. The molecular formula is C26H24FNO3S. The summed E-state index contributed by atoms with van der Waals surface area (Å²) in [6, 6.07) is 19.1. The van der Waals surface area contributed by atoms with E-state index in [-0.39, 0.29) is 18.3 Å². The van der Waals surface area contributed by atoms with E-state index < -0.39 is 0 Å². The predicted octanol–water partition coefficient (Wildman–Crippen LogP) is 5.85. The van der Waals surface area contributed by atoms with Crippen LogP contribution in [0.15, 0.2) is 66.0 Å². The van der Waals surface area contributed by atoms with Gasteiger partial charge in [0.25, 0.3) is 0 Å². The molecule has 0 bridgehead atoms. The summed E-state index contributed by atoms with van der Waals surface area (Å²) < 4.78 is 27.3. The summed E-state index contributed by atoms with van der Waals surface area (Å²) in [7, 11) is 0. The molecular weight excluding hydrogens is 425 g/mol. The van der Waals surface area contributed by atoms with E-state index in [2.05, 4.69) is 6.07 Å². The Hall–Kier alpha value is -3.22. The monoisotopic (exact) mass is 449 g/mol. The van der Waals surface area contributed by atoms with Crippen molar-refractivity contribution in [1.82, 2.24) is 0 Å². The van der Waals surface area contributed by atoms with Crippen LogP contribution in [0.5, 0.6) is 5.75 Å². The number of thiophene rings is 1. The molecule has 0 radical (unpaired) electrons. The molecule has 0 saturated heterocycles. The molecule has 164 valence electrons. The first-order valence-corrected chi connectivity index (χ1v) is 11.3. The molecule has 0 aliphatic carbocycles. The van der Waals surface area contributed by atoms with Crippen molar-refractivity contribution in [3.05, 3.63) is 88.6 Å². The maximum Gasteiger partial charge on any atom is 0.302 e. The Morgan fingerprint density at radius 1 is 1.03 bits per heavy atom.